The standard InChI is InChI=1S/C21H26N2O4S/c1-15-12-23(13-16(2)27-15)20-9-7-19(8-10-20)22-21(24)18-6-4-5-17(11-18)14-28(3,25)26/h4-11,15-16H,12-14H2,1-3H3,(H,22,24). The van der Waals surface area contributed by atoms with Crippen molar-refractivity contribution >= 4 is 27.1 Å². The number of benzene rings is 2. The Morgan fingerprint density at radius 2 is 1.75 bits per heavy atom. The molecule has 2 atom stereocenters. The SMILES string of the molecule is CC1CN(c2ccc(NC(=O)c3cccc(CS(C)(=O)=O)c3)cc2)CC(C)O1. The van der Waals surface area contributed by atoms with Crippen molar-refractivity contribution in [2.24, 2.45) is 0 Å². The van der Waals surface area contributed by atoms with E-state index in [1.54, 1.807) is 24.3 Å². The van der Waals surface area contributed by atoms with Gasteiger partial charge in [0.25, 0.3) is 5.91 Å². The fourth-order valence-electron chi connectivity index (χ4n) is 3.45. The van der Waals surface area contributed by atoms with Crippen LogP contribution in [0.3, 0.4) is 0 Å². The van der Waals surface area contributed by atoms with Crippen LogP contribution in [0.1, 0.15) is 29.8 Å². The third kappa shape index (κ3) is 5.56. The number of ether oxygens (including phenoxy) is 1. The van der Waals surface area contributed by atoms with Crippen molar-refractivity contribution in [1.29, 1.82) is 0 Å². The highest BCUT2D eigenvalue weighted by Gasteiger charge is 2.22. The Morgan fingerprint density at radius 3 is 2.36 bits per heavy atom. The van der Waals surface area contributed by atoms with Gasteiger partial charge in [-0.3, -0.25) is 4.79 Å². The van der Waals surface area contributed by atoms with Crippen LogP contribution >= 0.6 is 0 Å². The molecule has 2 aromatic rings. The molecule has 0 spiro atoms. The van der Waals surface area contributed by atoms with E-state index in [1.807, 2.05) is 24.3 Å². The van der Waals surface area contributed by atoms with Crippen molar-refractivity contribution < 1.29 is 17.9 Å². The molecule has 0 bridgehead atoms. The molecule has 1 heterocycles. The maximum atomic E-state index is 12.5. The zero-order chi connectivity index (χ0) is 20.3. The lowest BCUT2D eigenvalue weighted by Gasteiger charge is -2.36. The minimum Gasteiger partial charge on any atom is -0.372 e. The molecule has 150 valence electrons. The van der Waals surface area contributed by atoms with Gasteiger partial charge in [0.05, 0.1) is 18.0 Å². The lowest BCUT2D eigenvalue weighted by atomic mass is 10.1. The van der Waals surface area contributed by atoms with Crippen molar-refractivity contribution in [3.05, 3.63) is 59.7 Å². The minimum absolute atomic E-state index is 0.0841. The summed E-state index contributed by atoms with van der Waals surface area (Å²) in [6, 6.07) is 14.4. The van der Waals surface area contributed by atoms with E-state index in [9.17, 15) is 13.2 Å². The Bertz CT molecular complexity index is 931. The lowest BCUT2D eigenvalue weighted by molar-refractivity contribution is -0.00521. The van der Waals surface area contributed by atoms with Gasteiger partial charge in [0.1, 0.15) is 0 Å². The summed E-state index contributed by atoms with van der Waals surface area (Å²) in [6.07, 6.45) is 1.54. The van der Waals surface area contributed by atoms with Crippen LogP contribution in [-0.2, 0) is 20.3 Å². The predicted molar refractivity (Wildman–Crippen MR) is 112 cm³/mol. The van der Waals surface area contributed by atoms with Crippen LogP contribution in [0.15, 0.2) is 48.5 Å². The normalized spacial score (nSPS) is 20.0. The fraction of sp³-hybridized carbons (Fsp3) is 0.381. The smallest absolute Gasteiger partial charge is 0.255 e. The summed E-state index contributed by atoms with van der Waals surface area (Å²) in [5.74, 6) is -0.351. The number of anilines is 2. The molecule has 1 N–H and O–H groups in total. The first kappa shape index (κ1) is 20.4. The van der Waals surface area contributed by atoms with E-state index in [4.69, 9.17) is 4.74 Å². The van der Waals surface area contributed by atoms with Gasteiger partial charge in [-0.15, -0.1) is 0 Å². The summed E-state index contributed by atoms with van der Waals surface area (Å²) in [5, 5.41) is 2.86. The summed E-state index contributed by atoms with van der Waals surface area (Å²) in [7, 11) is -3.15. The second kappa shape index (κ2) is 8.32. The maximum absolute atomic E-state index is 12.5. The number of amides is 1. The zero-order valence-corrected chi connectivity index (χ0v) is 17.2. The first-order valence-electron chi connectivity index (χ1n) is 9.28. The lowest BCUT2D eigenvalue weighted by Crippen LogP contribution is -2.45. The van der Waals surface area contributed by atoms with E-state index < -0.39 is 9.84 Å². The Morgan fingerprint density at radius 1 is 1.11 bits per heavy atom. The van der Waals surface area contributed by atoms with Crippen LogP contribution in [0.5, 0.6) is 0 Å². The number of rotatable bonds is 5. The van der Waals surface area contributed by atoms with E-state index in [1.165, 1.54) is 6.26 Å². The molecule has 2 aromatic carbocycles. The van der Waals surface area contributed by atoms with Crippen LogP contribution in [-0.4, -0.2) is 45.9 Å². The van der Waals surface area contributed by atoms with Crippen molar-refractivity contribution in [2.45, 2.75) is 31.8 Å². The minimum atomic E-state index is -3.15. The van der Waals surface area contributed by atoms with Gasteiger partial charge < -0.3 is 15.0 Å². The van der Waals surface area contributed by atoms with E-state index in [2.05, 4.69) is 24.1 Å². The Hall–Kier alpha value is -2.38. The van der Waals surface area contributed by atoms with Crippen LogP contribution < -0.4 is 10.2 Å². The molecule has 0 aromatic heterocycles. The first-order valence-corrected chi connectivity index (χ1v) is 11.3. The number of carbonyl (C=O) groups is 1. The van der Waals surface area contributed by atoms with Crippen LogP contribution in [0.2, 0.25) is 0 Å². The van der Waals surface area contributed by atoms with Gasteiger partial charge in [-0.05, 0) is 55.8 Å². The molecule has 1 aliphatic heterocycles. The molecule has 0 radical (unpaired) electrons. The molecule has 0 saturated carbocycles. The number of sulfone groups is 1. The van der Waals surface area contributed by atoms with Crippen LogP contribution in [0, 0.1) is 0 Å². The topological polar surface area (TPSA) is 75.7 Å². The highest BCUT2D eigenvalue weighted by molar-refractivity contribution is 7.89. The third-order valence-electron chi connectivity index (χ3n) is 4.53. The zero-order valence-electron chi connectivity index (χ0n) is 16.4. The van der Waals surface area contributed by atoms with E-state index in [0.717, 1.165) is 18.8 Å². The van der Waals surface area contributed by atoms with Crippen LogP contribution in [0.25, 0.3) is 0 Å². The average Bonchev–Trinajstić information content (AvgIpc) is 2.60. The highest BCUT2D eigenvalue weighted by Crippen LogP contribution is 2.22. The molecule has 3 rings (SSSR count). The van der Waals surface area contributed by atoms with Gasteiger partial charge in [0.15, 0.2) is 9.84 Å². The predicted octanol–water partition coefficient (Wildman–Crippen LogP) is 3.10. The van der Waals surface area contributed by atoms with Gasteiger partial charge in [0, 0.05) is 36.3 Å². The molecule has 7 heteroatoms. The molecule has 1 fully saturated rings. The molecular formula is C21H26N2O4S. The van der Waals surface area contributed by atoms with Crippen molar-refractivity contribution in [3.63, 3.8) is 0 Å². The van der Waals surface area contributed by atoms with Crippen molar-refractivity contribution in [3.8, 4) is 0 Å². The second-order valence-corrected chi connectivity index (χ2v) is 9.57. The van der Waals surface area contributed by atoms with Crippen molar-refractivity contribution in [1.82, 2.24) is 0 Å². The molecule has 2 unspecified atom stereocenters. The fourth-order valence-corrected chi connectivity index (χ4v) is 4.24. The third-order valence-corrected chi connectivity index (χ3v) is 5.39. The highest BCUT2D eigenvalue weighted by atomic mass is 32.2. The van der Waals surface area contributed by atoms with Gasteiger partial charge in [0.2, 0.25) is 0 Å². The second-order valence-electron chi connectivity index (χ2n) is 7.43. The van der Waals surface area contributed by atoms with E-state index in [0.29, 0.717) is 16.8 Å². The number of nitrogens with zero attached hydrogens (tertiary/aromatic N) is 1. The summed E-state index contributed by atoms with van der Waals surface area (Å²) in [4.78, 5) is 14.8. The molecular weight excluding hydrogens is 376 g/mol. The van der Waals surface area contributed by atoms with E-state index >= 15 is 0 Å². The summed E-state index contributed by atoms with van der Waals surface area (Å²) in [5.41, 5.74) is 2.81. The summed E-state index contributed by atoms with van der Waals surface area (Å²) < 4.78 is 28.7. The monoisotopic (exact) mass is 402 g/mol. The molecule has 6 nitrogen and oxygen atoms in total. The number of hydrogen-bond donors (Lipinski definition) is 1. The summed E-state index contributed by atoms with van der Waals surface area (Å²) in [6.45, 7) is 5.80. The molecule has 1 aliphatic rings. The van der Waals surface area contributed by atoms with Gasteiger partial charge in [-0.2, -0.15) is 0 Å². The van der Waals surface area contributed by atoms with Gasteiger partial charge in [-0.25, -0.2) is 8.42 Å². The molecule has 1 saturated heterocycles. The number of carbonyl (C=O) groups excluding carboxylic acids is 1. The van der Waals surface area contributed by atoms with Crippen LogP contribution in [0.4, 0.5) is 11.4 Å². The van der Waals surface area contributed by atoms with E-state index in [-0.39, 0.29) is 23.9 Å². The molecule has 28 heavy (non-hydrogen) atoms. The number of hydrogen-bond acceptors (Lipinski definition) is 5. The Labute approximate surface area is 166 Å². The summed E-state index contributed by atoms with van der Waals surface area (Å²) >= 11 is 0. The average molecular weight is 403 g/mol. The van der Waals surface area contributed by atoms with Gasteiger partial charge in [-0.1, -0.05) is 12.1 Å². The maximum Gasteiger partial charge on any atom is 0.255 e. The Kier molecular flexibility index (Phi) is 6.05. The molecule has 1 amide bonds. The number of morpholine rings is 1. The molecule has 0 aliphatic carbocycles. The van der Waals surface area contributed by atoms with Gasteiger partial charge >= 0.3 is 0 Å². The first-order chi connectivity index (χ1) is 13.2. The Balaban J connectivity index is 1.67. The quantitative estimate of drug-likeness (QED) is 0.832. The van der Waals surface area contributed by atoms with Crippen molar-refractivity contribution in [2.75, 3.05) is 29.6 Å². The number of nitrogens with one attached hydrogen (secondary N) is 1. The largest absolute Gasteiger partial charge is 0.372 e.